The molecule has 8 heteroatoms. The van der Waals surface area contributed by atoms with Crippen LogP contribution >= 0.6 is 0 Å². The van der Waals surface area contributed by atoms with Gasteiger partial charge in [0, 0.05) is 0 Å². The SMILES string of the molecule is CCCCCCCCCC(CCOS(=O)(=O)O)C(CO)OCCO. The molecule has 0 aromatic carbocycles. The second-order valence-corrected chi connectivity index (χ2v) is 7.12. The van der Waals surface area contributed by atoms with E-state index in [2.05, 4.69) is 11.1 Å². The highest BCUT2D eigenvalue weighted by Gasteiger charge is 2.22. The summed E-state index contributed by atoms with van der Waals surface area (Å²) in [4.78, 5) is 0. The molecule has 0 bridgehead atoms. The van der Waals surface area contributed by atoms with Crippen LogP contribution in [0.5, 0.6) is 0 Å². The van der Waals surface area contributed by atoms with Crippen molar-refractivity contribution < 1.29 is 32.1 Å². The maximum absolute atomic E-state index is 10.6. The zero-order chi connectivity index (χ0) is 18.3. The highest BCUT2D eigenvalue weighted by molar-refractivity contribution is 7.80. The Labute approximate surface area is 146 Å². The van der Waals surface area contributed by atoms with E-state index in [1.807, 2.05) is 0 Å². The lowest BCUT2D eigenvalue weighted by Crippen LogP contribution is -2.30. The zero-order valence-corrected chi connectivity index (χ0v) is 15.5. The topological polar surface area (TPSA) is 113 Å². The lowest BCUT2D eigenvalue weighted by atomic mass is 9.92. The number of hydrogen-bond donors (Lipinski definition) is 3. The maximum Gasteiger partial charge on any atom is 0.397 e. The number of aliphatic hydroxyl groups is 2. The quantitative estimate of drug-likeness (QED) is 0.266. The van der Waals surface area contributed by atoms with Crippen molar-refractivity contribution in [2.75, 3.05) is 26.4 Å². The molecule has 0 saturated carbocycles. The van der Waals surface area contributed by atoms with Gasteiger partial charge in [-0.15, -0.1) is 0 Å². The molecule has 7 nitrogen and oxygen atoms in total. The van der Waals surface area contributed by atoms with Crippen molar-refractivity contribution in [3.8, 4) is 0 Å². The molecule has 146 valence electrons. The van der Waals surface area contributed by atoms with Gasteiger partial charge in [0.25, 0.3) is 0 Å². The van der Waals surface area contributed by atoms with E-state index in [1.54, 1.807) is 0 Å². The molecule has 0 radical (unpaired) electrons. The molecule has 0 saturated heterocycles. The molecular formula is C16H34O7S. The van der Waals surface area contributed by atoms with Gasteiger partial charge in [-0.1, -0.05) is 51.9 Å². The van der Waals surface area contributed by atoms with Crippen molar-refractivity contribution in [2.24, 2.45) is 5.92 Å². The first-order chi connectivity index (χ1) is 11.4. The molecule has 0 rings (SSSR count). The van der Waals surface area contributed by atoms with Gasteiger partial charge >= 0.3 is 10.4 Å². The Hall–Kier alpha value is -0.250. The van der Waals surface area contributed by atoms with E-state index in [-0.39, 0.29) is 32.3 Å². The lowest BCUT2D eigenvalue weighted by molar-refractivity contribution is -0.0422. The van der Waals surface area contributed by atoms with E-state index in [0.717, 1.165) is 25.7 Å². The molecule has 3 N–H and O–H groups in total. The number of aliphatic hydroxyl groups excluding tert-OH is 2. The second-order valence-electron chi connectivity index (χ2n) is 6.02. The first-order valence-corrected chi connectivity index (χ1v) is 10.3. The summed E-state index contributed by atoms with van der Waals surface area (Å²) in [6.45, 7) is 1.81. The first-order valence-electron chi connectivity index (χ1n) is 8.89. The van der Waals surface area contributed by atoms with E-state index in [0.29, 0.717) is 6.42 Å². The van der Waals surface area contributed by atoms with Crippen molar-refractivity contribution in [3.05, 3.63) is 0 Å². The van der Waals surface area contributed by atoms with Crippen LogP contribution in [0.3, 0.4) is 0 Å². The average Bonchev–Trinajstić information content (AvgIpc) is 2.52. The van der Waals surface area contributed by atoms with E-state index in [1.165, 1.54) is 25.7 Å². The fraction of sp³-hybridized carbons (Fsp3) is 1.00. The van der Waals surface area contributed by atoms with E-state index in [9.17, 15) is 13.5 Å². The van der Waals surface area contributed by atoms with Gasteiger partial charge in [-0.3, -0.25) is 4.55 Å². The summed E-state index contributed by atoms with van der Waals surface area (Å²) in [5, 5.41) is 18.3. The van der Waals surface area contributed by atoms with Crippen LogP contribution < -0.4 is 0 Å². The maximum atomic E-state index is 10.6. The van der Waals surface area contributed by atoms with Gasteiger partial charge in [0.1, 0.15) is 0 Å². The number of unbranched alkanes of at least 4 members (excludes halogenated alkanes) is 6. The Morgan fingerprint density at radius 1 is 0.917 bits per heavy atom. The standard InChI is InChI=1S/C16H34O7S/c1-2-3-4-5-6-7-8-9-15(10-12-23-24(19,20)21)16(14-18)22-13-11-17/h15-18H,2-14H2,1H3,(H,19,20,21). The van der Waals surface area contributed by atoms with Gasteiger partial charge in [0.2, 0.25) is 0 Å². The molecule has 2 unspecified atom stereocenters. The first kappa shape index (κ1) is 23.8. The van der Waals surface area contributed by atoms with Crippen LogP contribution in [0.1, 0.15) is 64.7 Å². The Morgan fingerprint density at radius 3 is 2.08 bits per heavy atom. The van der Waals surface area contributed by atoms with E-state index >= 15 is 0 Å². The molecule has 0 aromatic rings. The molecular weight excluding hydrogens is 336 g/mol. The van der Waals surface area contributed by atoms with Crippen LogP contribution in [0.2, 0.25) is 0 Å². The highest BCUT2D eigenvalue weighted by atomic mass is 32.3. The van der Waals surface area contributed by atoms with Gasteiger partial charge in [-0.05, 0) is 18.8 Å². The third kappa shape index (κ3) is 14.1. The van der Waals surface area contributed by atoms with Crippen molar-refractivity contribution in [3.63, 3.8) is 0 Å². The average molecular weight is 371 g/mol. The molecule has 0 aliphatic rings. The molecule has 0 aliphatic heterocycles. The van der Waals surface area contributed by atoms with Gasteiger partial charge in [0.05, 0.1) is 32.5 Å². The molecule has 0 heterocycles. The van der Waals surface area contributed by atoms with Crippen LogP contribution in [-0.4, -0.2) is 55.7 Å². The highest BCUT2D eigenvalue weighted by Crippen LogP contribution is 2.21. The van der Waals surface area contributed by atoms with Crippen LogP contribution in [0.25, 0.3) is 0 Å². The van der Waals surface area contributed by atoms with Gasteiger partial charge in [-0.2, -0.15) is 8.42 Å². The van der Waals surface area contributed by atoms with Gasteiger partial charge in [-0.25, -0.2) is 4.18 Å². The molecule has 24 heavy (non-hydrogen) atoms. The molecule has 0 amide bonds. The summed E-state index contributed by atoms with van der Waals surface area (Å²) in [7, 11) is -4.45. The number of ether oxygens (including phenoxy) is 1. The van der Waals surface area contributed by atoms with Crippen LogP contribution in [-0.2, 0) is 19.3 Å². The van der Waals surface area contributed by atoms with Crippen LogP contribution in [0, 0.1) is 5.92 Å². The van der Waals surface area contributed by atoms with Gasteiger partial charge in [0.15, 0.2) is 0 Å². The minimum atomic E-state index is -4.45. The summed E-state index contributed by atoms with van der Waals surface area (Å²) in [6.07, 6.45) is 8.81. The summed E-state index contributed by atoms with van der Waals surface area (Å²) in [6, 6.07) is 0. The minimum absolute atomic E-state index is 0.0843. The fourth-order valence-electron chi connectivity index (χ4n) is 2.73. The summed E-state index contributed by atoms with van der Waals surface area (Å²) >= 11 is 0. The van der Waals surface area contributed by atoms with Crippen molar-refractivity contribution in [1.29, 1.82) is 0 Å². The summed E-state index contributed by atoms with van der Waals surface area (Å²) in [5.74, 6) is -0.0843. The summed E-state index contributed by atoms with van der Waals surface area (Å²) < 4.78 is 39.7. The minimum Gasteiger partial charge on any atom is -0.394 e. The molecule has 2 atom stereocenters. The Balaban J connectivity index is 4.24. The normalized spacial score (nSPS) is 14.7. The third-order valence-electron chi connectivity index (χ3n) is 4.03. The largest absolute Gasteiger partial charge is 0.397 e. The fourth-order valence-corrected chi connectivity index (χ4v) is 3.03. The third-order valence-corrected chi connectivity index (χ3v) is 4.49. The second kappa shape index (κ2) is 15.0. The molecule has 0 spiro atoms. The van der Waals surface area contributed by atoms with E-state index in [4.69, 9.17) is 14.4 Å². The molecule has 0 aliphatic carbocycles. The Bertz CT molecular complexity index is 373. The number of rotatable bonds is 17. The van der Waals surface area contributed by atoms with Gasteiger partial charge < -0.3 is 14.9 Å². The Morgan fingerprint density at radius 2 is 1.54 bits per heavy atom. The van der Waals surface area contributed by atoms with E-state index < -0.39 is 16.5 Å². The predicted molar refractivity (Wildman–Crippen MR) is 92.1 cm³/mol. The smallest absolute Gasteiger partial charge is 0.394 e. The monoisotopic (exact) mass is 370 g/mol. The van der Waals surface area contributed by atoms with Crippen LogP contribution in [0.15, 0.2) is 0 Å². The summed E-state index contributed by atoms with van der Waals surface area (Å²) in [5.41, 5.74) is 0. The molecule has 0 fully saturated rings. The van der Waals surface area contributed by atoms with Crippen LogP contribution in [0.4, 0.5) is 0 Å². The van der Waals surface area contributed by atoms with Crippen molar-refractivity contribution in [2.45, 2.75) is 70.8 Å². The van der Waals surface area contributed by atoms with Crippen molar-refractivity contribution in [1.82, 2.24) is 0 Å². The predicted octanol–water partition coefficient (Wildman–Crippen LogP) is 2.32. The van der Waals surface area contributed by atoms with Crippen molar-refractivity contribution >= 4 is 10.4 Å². The molecule has 0 aromatic heterocycles. The Kier molecular flexibility index (Phi) is 14.9. The lowest BCUT2D eigenvalue weighted by Gasteiger charge is -2.25. The zero-order valence-electron chi connectivity index (χ0n) is 14.7. The number of hydrogen-bond acceptors (Lipinski definition) is 6.